The van der Waals surface area contributed by atoms with E-state index in [0.29, 0.717) is 29.8 Å². The zero-order valence-corrected chi connectivity index (χ0v) is 21.4. The van der Waals surface area contributed by atoms with Crippen LogP contribution < -0.4 is 20.3 Å². The SMILES string of the molecule is COc1ccc(C(=O)N2CCN(C(=O)c3ccc(N(C)C)cc3)C[C@@H]2C(=O)N[C@H]2CCCNC2=O)cc1. The lowest BCUT2D eigenvalue weighted by atomic mass is 10.0. The third kappa shape index (κ3) is 5.84. The van der Waals surface area contributed by atoms with Crippen LogP contribution in [-0.2, 0) is 9.59 Å². The minimum Gasteiger partial charge on any atom is -0.497 e. The van der Waals surface area contributed by atoms with Crippen molar-refractivity contribution in [3.05, 3.63) is 59.7 Å². The van der Waals surface area contributed by atoms with Crippen LogP contribution in [0.1, 0.15) is 33.6 Å². The minimum absolute atomic E-state index is 0.0241. The number of hydrogen-bond donors (Lipinski definition) is 2. The molecule has 2 aliphatic heterocycles. The van der Waals surface area contributed by atoms with Gasteiger partial charge in [0.15, 0.2) is 0 Å². The molecule has 2 saturated heterocycles. The van der Waals surface area contributed by atoms with Gasteiger partial charge in [0.2, 0.25) is 11.8 Å². The first-order valence-electron chi connectivity index (χ1n) is 12.4. The number of piperazine rings is 1. The predicted molar refractivity (Wildman–Crippen MR) is 139 cm³/mol. The Morgan fingerprint density at radius 2 is 1.62 bits per heavy atom. The fourth-order valence-electron chi connectivity index (χ4n) is 4.60. The van der Waals surface area contributed by atoms with Gasteiger partial charge in [-0.05, 0) is 61.4 Å². The van der Waals surface area contributed by atoms with E-state index in [0.717, 1.165) is 12.1 Å². The van der Waals surface area contributed by atoms with Crippen LogP contribution in [0.4, 0.5) is 5.69 Å². The van der Waals surface area contributed by atoms with Gasteiger partial charge < -0.3 is 30.1 Å². The van der Waals surface area contributed by atoms with E-state index in [9.17, 15) is 19.2 Å². The molecule has 2 aromatic rings. The molecule has 10 heteroatoms. The van der Waals surface area contributed by atoms with Gasteiger partial charge in [0.25, 0.3) is 11.8 Å². The topological polar surface area (TPSA) is 111 Å². The summed E-state index contributed by atoms with van der Waals surface area (Å²) in [5.74, 6) is -0.611. The highest BCUT2D eigenvalue weighted by molar-refractivity contribution is 6.00. The van der Waals surface area contributed by atoms with Crippen molar-refractivity contribution in [2.24, 2.45) is 0 Å². The van der Waals surface area contributed by atoms with Crippen molar-refractivity contribution >= 4 is 29.3 Å². The van der Waals surface area contributed by atoms with Gasteiger partial charge in [0.1, 0.15) is 17.8 Å². The highest BCUT2D eigenvalue weighted by Crippen LogP contribution is 2.20. The maximum Gasteiger partial charge on any atom is 0.254 e. The van der Waals surface area contributed by atoms with Gasteiger partial charge in [-0.25, -0.2) is 0 Å². The molecule has 0 unspecified atom stereocenters. The lowest BCUT2D eigenvalue weighted by Crippen LogP contribution is -2.63. The van der Waals surface area contributed by atoms with E-state index < -0.39 is 18.0 Å². The number of ether oxygens (including phenoxy) is 1. The number of amides is 4. The standard InChI is InChI=1S/C27H33N5O5/c1-30(2)20-10-6-18(7-11-20)26(35)31-15-16-32(27(36)19-8-12-21(37-3)13-9-19)23(17-31)25(34)29-22-5-4-14-28-24(22)33/h6-13,22-23H,4-5,14-17H2,1-3H3,(H,28,33)(H,29,34)/t22-,23+/m0/s1. The molecule has 2 N–H and O–H groups in total. The fourth-order valence-corrected chi connectivity index (χ4v) is 4.60. The highest BCUT2D eigenvalue weighted by atomic mass is 16.5. The Kier molecular flexibility index (Phi) is 7.95. The molecule has 0 spiro atoms. The van der Waals surface area contributed by atoms with Crippen LogP contribution >= 0.6 is 0 Å². The van der Waals surface area contributed by atoms with Crippen LogP contribution in [0.25, 0.3) is 0 Å². The summed E-state index contributed by atoms with van der Waals surface area (Å²) in [6.45, 7) is 1.06. The zero-order valence-electron chi connectivity index (χ0n) is 21.4. The van der Waals surface area contributed by atoms with Crippen LogP contribution in [0.3, 0.4) is 0 Å². The Balaban J connectivity index is 1.55. The van der Waals surface area contributed by atoms with E-state index in [-0.39, 0.29) is 37.4 Å². The average Bonchev–Trinajstić information content (AvgIpc) is 2.93. The number of rotatable bonds is 6. The monoisotopic (exact) mass is 507 g/mol. The third-order valence-corrected chi connectivity index (χ3v) is 6.80. The second-order valence-corrected chi connectivity index (χ2v) is 9.43. The van der Waals surface area contributed by atoms with E-state index in [2.05, 4.69) is 10.6 Å². The number of methoxy groups -OCH3 is 1. The van der Waals surface area contributed by atoms with Crippen LogP contribution in [0.15, 0.2) is 48.5 Å². The summed E-state index contributed by atoms with van der Waals surface area (Å²) in [6, 6.07) is 12.3. The van der Waals surface area contributed by atoms with Gasteiger partial charge in [0, 0.05) is 50.5 Å². The molecule has 0 bridgehead atoms. The van der Waals surface area contributed by atoms with Crippen LogP contribution in [0.5, 0.6) is 5.75 Å². The maximum atomic E-state index is 13.4. The Bertz CT molecular complexity index is 1150. The van der Waals surface area contributed by atoms with Crippen LogP contribution in [0, 0.1) is 0 Å². The van der Waals surface area contributed by atoms with Crippen molar-refractivity contribution in [2.45, 2.75) is 24.9 Å². The molecule has 2 aromatic carbocycles. The molecule has 2 aliphatic rings. The molecule has 0 aromatic heterocycles. The van der Waals surface area contributed by atoms with Gasteiger partial charge in [-0.2, -0.15) is 0 Å². The number of benzene rings is 2. The molecule has 0 aliphatic carbocycles. The fraction of sp³-hybridized carbons (Fsp3) is 0.407. The number of nitrogens with one attached hydrogen (secondary N) is 2. The predicted octanol–water partition coefficient (Wildman–Crippen LogP) is 1.12. The molecule has 37 heavy (non-hydrogen) atoms. The summed E-state index contributed by atoms with van der Waals surface area (Å²) >= 11 is 0. The summed E-state index contributed by atoms with van der Waals surface area (Å²) in [5.41, 5.74) is 1.88. The summed E-state index contributed by atoms with van der Waals surface area (Å²) in [6.07, 6.45) is 1.28. The lowest BCUT2D eigenvalue weighted by Gasteiger charge is -2.41. The number of piperidine rings is 1. The van der Waals surface area contributed by atoms with E-state index in [1.54, 1.807) is 48.4 Å². The number of nitrogens with zero attached hydrogens (tertiary/aromatic N) is 3. The Labute approximate surface area is 216 Å². The molecule has 0 radical (unpaired) electrons. The molecule has 2 heterocycles. The van der Waals surface area contributed by atoms with Gasteiger partial charge in [-0.1, -0.05) is 0 Å². The zero-order chi connectivity index (χ0) is 26.5. The molecular weight excluding hydrogens is 474 g/mol. The van der Waals surface area contributed by atoms with Crippen molar-refractivity contribution in [1.82, 2.24) is 20.4 Å². The molecule has 2 atom stereocenters. The van der Waals surface area contributed by atoms with E-state index in [1.165, 1.54) is 4.90 Å². The molecule has 4 amide bonds. The van der Waals surface area contributed by atoms with Crippen molar-refractivity contribution in [3.8, 4) is 5.75 Å². The molecule has 10 nitrogen and oxygen atoms in total. The van der Waals surface area contributed by atoms with E-state index in [4.69, 9.17) is 4.74 Å². The smallest absolute Gasteiger partial charge is 0.254 e. The Hall–Kier alpha value is -4.08. The Morgan fingerprint density at radius 1 is 0.973 bits per heavy atom. The van der Waals surface area contributed by atoms with Crippen molar-refractivity contribution in [2.75, 3.05) is 52.3 Å². The number of carbonyl (C=O) groups is 4. The third-order valence-electron chi connectivity index (χ3n) is 6.80. The summed E-state index contributed by atoms with van der Waals surface area (Å²) in [4.78, 5) is 57.5. The van der Waals surface area contributed by atoms with E-state index in [1.807, 2.05) is 31.1 Å². The lowest BCUT2D eigenvalue weighted by molar-refractivity contribution is -0.133. The maximum absolute atomic E-state index is 13.4. The van der Waals surface area contributed by atoms with Crippen molar-refractivity contribution in [1.29, 1.82) is 0 Å². The first kappa shape index (κ1) is 26.0. The second-order valence-electron chi connectivity index (χ2n) is 9.43. The highest BCUT2D eigenvalue weighted by Gasteiger charge is 2.39. The average molecular weight is 508 g/mol. The molecular formula is C27H33N5O5. The van der Waals surface area contributed by atoms with Gasteiger partial charge in [-0.3, -0.25) is 19.2 Å². The Morgan fingerprint density at radius 3 is 2.24 bits per heavy atom. The number of hydrogen-bond acceptors (Lipinski definition) is 6. The second kappa shape index (κ2) is 11.3. The van der Waals surface area contributed by atoms with Gasteiger partial charge >= 0.3 is 0 Å². The number of carbonyl (C=O) groups excluding carboxylic acids is 4. The van der Waals surface area contributed by atoms with E-state index >= 15 is 0 Å². The first-order chi connectivity index (χ1) is 17.8. The summed E-state index contributed by atoms with van der Waals surface area (Å²) in [7, 11) is 5.39. The van der Waals surface area contributed by atoms with Gasteiger partial charge in [-0.15, -0.1) is 0 Å². The largest absolute Gasteiger partial charge is 0.497 e. The molecule has 2 fully saturated rings. The van der Waals surface area contributed by atoms with Gasteiger partial charge in [0.05, 0.1) is 13.7 Å². The normalized spacial score (nSPS) is 19.6. The van der Waals surface area contributed by atoms with Crippen LogP contribution in [-0.4, -0.2) is 92.9 Å². The first-order valence-corrected chi connectivity index (χ1v) is 12.4. The van der Waals surface area contributed by atoms with Crippen molar-refractivity contribution < 1.29 is 23.9 Å². The van der Waals surface area contributed by atoms with Crippen LogP contribution in [0.2, 0.25) is 0 Å². The van der Waals surface area contributed by atoms with Crippen molar-refractivity contribution in [3.63, 3.8) is 0 Å². The molecule has 196 valence electrons. The minimum atomic E-state index is -0.942. The number of anilines is 1. The quantitative estimate of drug-likeness (QED) is 0.606. The summed E-state index contributed by atoms with van der Waals surface area (Å²) in [5, 5.41) is 5.56. The molecule has 0 saturated carbocycles. The summed E-state index contributed by atoms with van der Waals surface area (Å²) < 4.78 is 5.18. The molecule has 4 rings (SSSR count).